The predicted octanol–water partition coefficient (Wildman–Crippen LogP) is 1.81. The topological polar surface area (TPSA) is 83.6 Å². The van der Waals surface area contributed by atoms with E-state index in [9.17, 15) is 18.0 Å². The highest BCUT2D eigenvalue weighted by Crippen LogP contribution is 2.35. The summed E-state index contributed by atoms with van der Waals surface area (Å²) in [7, 11) is -4.03. The Labute approximate surface area is 142 Å². The van der Waals surface area contributed by atoms with Crippen molar-refractivity contribution in [1.82, 2.24) is 9.62 Å². The summed E-state index contributed by atoms with van der Waals surface area (Å²) in [5.74, 6) is -1.14. The standard InChI is InChI=1S/C17H22N2O4S/c1-5-12(3)18-15(20)10-19-17(21)13(4)16(24(19,22)23)14-8-6-11(2)7-9-14/h6-9,12H,5,10H2,1-4H3,(H,18,20). The number of carbonyl (C=O) groups is 2. The summed E-state index contributed by atoms with van der Waals surface area (Å²) in [6.07, 6.45) is 0.721. The van der Waals surface area contributed by atoms with E-state index in [0.29, 0.717) is 9.87 Å². The Kier molecular flexibility index (Phi) is 5.13. The second kappa shape index (κ2) is 6.76. The first-order valence-corrected chi connectivity index (χ1v) is 9.26. The van der Waals surface area contributed by atoms with Gasteiger partial charge in [0.2, 0.25) is 5.91 Å². The lowest BCUT2D eigenvalue weighted by atomic mass is 10.1. The summed E-state index contributed by atoms with van der Waals surface area (Å²) < 4.78 is 26.2. The molecule has 130 valence electrons. The van der Waals surface area contributed by atoms with Gasteiger partial charge in [-0.2, -0.15) is 0 Å². The first kappa shape index (κ1) is 18.2. The summed E-state index contributed by atoms with van der Waals surface area (Å²) in [5.41, 5.74) is 1.58. The minimum atomic E-state index is -4.03. The molecule has 0 spiro atoms. The van der Waals surface area contributed by atoms with Gasteiger partial charge in [0, 0.05) is 11.6 Å². The van der Waals surface area contributed by atoms with E-state index in [2.05, 4.69) is 5.32 Å². The van der Waals surface area contributed by atoms with E-state index in [1.165, 1.54) is 6.92 Å². The van der Waals surface area contributed by atoms with Crippen LogP contribution in [-0.4, -0.2) is 37.1 Å². The number of nitrogens with zero attached hydrogens (tertiary/aromatic N) is 1. The highest BCUT2D eigenvalue weighted by molar-refractivity contribution is 7.99. The lowest BCUT2D eigenvalue weighted by Gasteiger charge is -2.18. The van der Waals surface area contributed by atoms with E-state index in [1.807, 2.05) is 20.8 Å². The smallest absolute Gasteiger partial charge is 0.268 e. The SMILES string of the molecule is CCC(C)NC(=O)CN1C(=O)C(C)=C(c2ccc(C)cc2)S1(=O)=O. The Morgan fingerprint density at radius 3 is 2.33 bits per heavy atom. The summed E-state index contributed by atoms with van der Waals surface area (Å²) in [6, 6.07) is 6.83. The number of rotatable bonds is 5. The van der Waals surface area contributed by atoms with Gasteiger partial charge in [-0.15, -0.1) is 0 Å². The maximum atomic E-state index is 12.8. The van der Waals surface area contributed by atoms with Crippen LogP contribution in [0.3, 0.4) is 0 Å². The molecule has 0 saturated heterocycles. The number of hydrogen-bond donors (Lipinski definition) is 1. The molecule has 24 heavy (non-hydrogen) atoms. The highest BCUT2D eigenvalue weighted by Gasteiger charge is 2.43. The van der Waals surface area contributed by atoms with Gasteiger partial charge in [0.05, 0.1) is 0 Å². The fraction of sp³-hybridized carbons (Fsp3) is 0.412. The van der Waals surface area contributed by atoms with Crippen molar-refractivity contribution in [2.24, 2.45) is 0 Å². The van der Waals surface area contributed by atoms with Gasteiger partial charge < -0.3 is 5.32 Å². The average Bonchev–Trinajstić information content (AvgIpc) is 2.68. The average molecular weight is 350 g/mol. The molecule has 1 heterocycles. The zero-order valence-electron chi connectivity index (χ0n) is 14.3. The summed E-state index contributed by atoms with van der Waals surface area (Å²) in [6.45, 7) is 6.59. The van der Waals surface area contributed by atoms with Crippen LogP contribution in [0.4, 0.5) is 0 Å². The second-order valence-corrected chi connectivity index (χ2v) is 7.81. The van der Waals surface area contributed by atoms with Crippen molar-refractivity contribution in [3.63, 3.8) is 0 Å². The van der Waals surface area contributed by atoms with Crippen molar-refractivity contribution >= 4 is 26.7 Å². The molecular formula is C17H22N2O4S. The lowest BCUT2D eigenvalue weighted by Crippen LogP contribution is -2.43. The molecule has 0 fully saturated rings. The van der Waals surface area contributed by atoms with Crippen LogP contribution < -0.4 is 5.32 Å². The van der Waals surface area contributed by atoms with Gasteiger partial charge in [0.25, 0.3) is 15.9 Å². The van der Waals surface area contributed by atoms with Gasteiger partial charge in [-0.3, -0.25) is 9.59 Å². The van der Waals surface area contributed by atoms with Crippen LogP contribution in [0.15, 0.2) is 29.8 Å². The molecule has 1 aliphatic rings. The zero-order valence-corrected chi connectivity index (χ0v) is 15.1. The van der Waals surface area contributed by atoms with Crippen LogP contribution in [0, 0.1) is 6.92 Å². The minimum Gasteiger partial charge on any atom is -0.352 e. The third-order valence-electron chi connectivity index (χ3n) is 4.06. The number of amides is 2. The van der Waals surface area contributed by atoms with Gasteiger partial charge >= 0.3 is 0 Å². The summed E-state index contributed by atoms with van der Waals surface area (Å²) in [5, 5.41) is 2.68. The van der Waals surface area contributed by atoms with Crippen molar-refractivity contribution in [2.45, 2.75) is 40.2 Å². The van der Waals surface area contributed by atoms with Crippen molar-refractivity contribution < 1.29 is 18.0 Å². The van der Waals surface area contributed by atoms with Crippen molar-refractivity contribution in [1.29, 1.82) is 0 Å². The first-order chi connectivity index (χ1) is 11.2. The Morgan fingerprint density at radius 1 is 1.21 bits per heavy atom. The van der Waals surface area contributed by atoms with E-state index in [4.69, 9.17) is 0 Å². The number of nitrogens with one attached hydrogen (secondary N) is 1. The number of hydrogen-bond acceptors (Lipinski definition) is 4. The van der Waals surface area contributed by atoms with Gasteiger partial charge in [0.15, 0.2) is 0 Å². The Bertz CT molecular complexity index is 794. The molecular weight excluding hydrogens is 328 g/mol. The van der Waals surface area contributed by atoms with Crippen LogP contribution in [0.25, 0.3) is 4.91 Å². The molecule has 1 aromatic carbocycles. The molecule has 1 unspecified atom stereocenters. The normalized spacial score (nSPS) is 18.0. The molecule has 0 bridgehead atoms. The Hall–Kier alpha value is -2.15. The molecule has 0 aliphatic carbocycles. The molecule has 0 radical (unpaired) electrons. The van der Waals surface area contributed by atoms with Crippen molar-refractivity contribution in [2.75, 3.05) is 6.54 Å². The zero-order chi connectivity index (χ0) is 18.1. The maximum Gasteiger partial charge on any atom is 0.268 e. The molecule has 2 rings (SSSR count). The third kappa shape index (κ3) is 3.36. The van der Waals surface area contributed by atoms with Crippen LogP contribution >= 0.6 is 0 Å². The van der Waals surface area contributed by atoms with Crippen LogP contribution in [-0.2, 0) is 19.6 Å². The molecule has 1 N–H and O–H groups in total. The lowest BCUT2D eigenvalue weighted by molar-refractivity contribution is -0.128. The first-order valence-electron chi connectivity index (χ1n) is 7.82. The minimum absolute atomic E-state index is 0.0242. The number of benzene rings is 1. The van der Waals surface area contributed by atoms with Crippen LogP contribution in [0.1, 0.15) is 38.3 Å². The molecule has 6 nitrogen and oxygen atoms in total. The van der Waals surface area contributed by atoms with Gasteiger partial charge in [0.1, 0.15) is 11.4 Å². The molecule has 2 amide bonds. The Balaban J connectivity index is 2.32. The van der Waals surface area contributed by atoms with E-state index in [1.54, 1.807) is 24.3 Å². The summed E-state index contributed by atoms with van der Waals surface area (Å²) >= 11 is 0. The number of sulfonamides is 1. The van der Waals surface area contributed by atoms with Crippen molar-refractivity contribution in [3.05, 3.63) is 41.0 Å². The third-order valence-corrected chi connectivity index (χ3v) is 5.99. The second-order valence-electron chi connectivity index (χ2n) is 6.01. The number of aryl methyl sites for hydroxylation is 1. The fourth-order valence-corrected chi connectivity index (χ4v) is 4.25. The van der Waals surface area contributed by atoms with Gasteiger partial charge in [-0.05, 0) is 32.8 Å². The largest absolute Gasteiger partial charge is 0.352 e. The van der Waals surface area contributed by atoms with Crippen molar-refractivity contribution in [3.8, 4) is 0 Å². The van der Waals surface area contributed by atoms with Gasteiger partial charge in [-0.1, -0.05) is 36.8 Å². The molecule has 1 atom stereocenters. The Morgan fingerprint density at radius 2 is 1.79 bits per heavy atom. The van der Waals surface area contributed by atoms with E-state index in [0.717, 1.165) is 12.0 Å². The molecule has 1 aliphatic heterocycles. The molecule has 0 aromatic heterocycles. The number of carbonyl (C=O) groups excluding carboxylic acids is 2. The molecule has 0 saturated carbocycles. The maximum absolute atomic E-state index is 12.8. The van der Waals surface area contributed by atoms with E-state index < -0.39 is 28.4 Å². The van der Waals surface area contributed by atoms with Crippen LogP contribution in [0.5, 0.6) is 0 Å². The van der Waals surface area contributed by atoms with Crippen LogP contribution in [0.2, 0.25) is 0 Å². The predicted molar refractivity (Wildman–Crippen MR) is 92.3 cm³/mol. The van der Waals surface area contributed by atoms with Gasteiger partial charge in [-0.25, -0.2) is 12.7 Å². The fourth-order valence-electron chi connectivity index (χ4n) is 2.48. The monoisotopic (exact) mass is 350 g/mol. The van der Waals surface area contributed by atoms with E-state index in [-0.39, 0.29) is 16.5 Å². The molecule has 1 aromatic rings. The van der Waals surface area contributed by atoms with E-state index >= 15 is 0 Å². The summed E-state index contributed by atoms with van der Waals surface area (Å²) in [4.78, 5) is 24.4. The molecule has 7 heteroatoms. The highest BCUT2D eigenvalue weighted by atomic mass is 32.2. The quantitative estimate of drug-likeness (QED) is 0.878.